The number of benzene rings is 4. The summed E-state index contributed by atoms with van der Waals surface area (Å²) in [5, 5.41) is 28.7. The van der Waals surface area contributed by atoms with E-state index >= 15 is 0 Å². The quantitative estimate of drug-likeness (QED) is 0.134. The van der Waals surface area contributed by atoms with Crippen LogP contribution in [0.25, 0.3) is 32.6 Å². The fourth-order valence-corrected chi connectivity index (χ4v) is 5.93. The first-order valence-electron chi connectivity index (χ1n) is 10.9. The van der Waals surface area contributed by atoms with Crippen LogP contribution in [0.4, 0.5) is 0 Å². The van der Waals surface area contributed by atoms with Gasteiger partial charge >= 0.3 is 45.3 Å². The van der Waals surface area contributed by atoms with Gasteiger partial charge < -0.3 is 24.1 Å². The summed E-state index contributed by atoms with van der Waals surface area (Å²) >= 11 is 0. The van der Waals surface area contributed by atoms with Gasteiger partial charge in [0.15, 0.2) is 0 Å². The van der Waals surface area contributed by atoms with Crippen LogP contribution in [0.5, 0.6) is 0 Å². The molecule has 0 unspecified atom stereocenters. The molecule has 174 valence electrons. The maximum atomic E-state index is 14.1. The Bertz CT molecular complexity index is 1450. The average Bonchev–Trinajstić information content (AvgIpc) is 2.83. The second-order valence-electron chi connectivity index (χ2n) is 7.57. The van der Waals surface area contributed by atoms with E-state index in [1.807, 2.05) is 24.3 Å². The van der Waals surface area contributed by atoms with Gasteiger partial charge in [0.05, 0.1) is 24.5 Å². The molecule has 0 saturated carbocycles. The molecular formula is C27H23Li2O6P. The molecule has 4 aromatic rings. The number of carboxylic acid groups (broad SMARTS) is 1. The maximum absolute atomic E-state index is 14.1. The van der Waals surface area contributed by atoms with Crippen molar-refractivity contribution in [3.05, 3.63) is 95.6 Å². The Kier molecular flexibility index (Phi) is 10.7. The zero-order valence-electron chi connectivity index (χ0n) is 20.8. The van der Waals surface area contributed by atoms with Gasteiger partial charge in [-0.05, 0) is 58.7 Å². The summed E-state index contributed by atoms with van der Waals surface area (Å²) in [5.41, 5.74) is -0.0620. The third-order valence-electron chi connectivity index (χ3n) is 5.48. The Morgan fingerprint density at radius 3 is 1.78 bits per heavy atom. The minimum absolute atomic E-state index is 0. The molecule has 0 fully saturated rings. The van der Waals surface area contributed by atoms with Crippen molar-refractivity contribution in [2.75, 3.05) is 13.2 Å². The predicted octanol–water partition coefficient (Wildman–Crippen LogP) is -1.18. The van der Waals surface area contributed by atoms with Crippen molar-refractivity contribution in [1.29, 1.82) is 0 Å². The van der Waals surface area contributed by atoms with E-state index in [1.54, 1.807) is 56.3 Å². The standard InChI is InChI=1S/C27H25O6P.2Li/c1-3-32-34(31,33-4-2)26(22-15-9-13-18-10-7-8-14-21(18)22)25(28)23-16-19-11-5-6-12-20(19)17-24(23)27(29)30;;/h5-17,28H,3-4H2,1-2H3,(H,29,30);;/q;2*+1/p-2/b26-25+;;. The first-order valence-corrected chi connectivity index (χ1v) is 12.5. The van der Waals surface area contributed by atoms with Gasteiger partial charge in [-0.15, -0.1) is 0 Å². The van der Waals surface area contributed by atoms with Crippen LogP contribution in [-0.2, 0) is 13.6 Å². The Morgan fingerprint density at radius 2 is 1.22 bits per heavy atom. The molecule has 36 heavy (non-hydrogen) atoms. The van der Waals surface area contributed by atoms with Crippen molar-refractivity contribution in [3.8, 4) is 0 Å². The van der Waals surface area contributed by atoms with Gasteiger partial charge in [-0.3, -0.25) is 4.57 Å². The molecule has 0 radical (unpaired) electrons. The minimum Gasteiger partial charge on any atom is -0.871 e. The van der Waals surface area contributed by atoms with Crippen LogP contribution in [0.1, 0.15) is 35.3 Å². The van der Waals surface area contributed by atoms with Gasteiger partial charge in [0.2, 0.25) is 0 Å². The zero-order valence-corrected chi connectivity index (χ0v) is 21.7. The third-order valence-corrected chi connectivity index (χ3v) is 7.67. The number of rotatable bonds is 8. The van der Waals surface area contributed by atoms with Crippen LogP contribution in [0, 0.1) is 0 Å². The Labute approximate surface area is 234 Å². The molecule has 0 aliphatic heterocycles. The first-order chi connectivity index (χ1) is 16.4. The number of carbonyl (C=O) groups excluding carboxylic acids is 1. The Hall–Kier alpha value is -2.25. The summed E-state index contributed by atoms with van der Waals surface area (Å²) in [4.78, 5) is 12.0. The Morgan fingerprint density at radius 1 is 0.722 bits per heavy atom. The van der Waals surface area contributed by atoms with Gasteiger partial charge in [0, 0.05) is 5.56 Å². The molecule has 0 aromatic heterocycles. The fourth-order valence-electron chi connectivity index (χ4n) is 4.06. The van der Waals surface area contributed by atoms with E-state index in [0.717, 1.165) is 5.39 Å². The zero-order chi connectivity index (χ0) is 24.3. The van der Waals surface area contributed by atoms with E-state index in [1.165, 1.54) is 12.1 Å². The molecular weight excluding hydrogens is 465 g/mol. The normalized spacial score (nSPS) is 11.9. The summed E-state index contributed by atoms with van der Waals surface area (Å²) in [6.07, 6.45) is 0. The molecule has 0 bridgehead atoms. The van der Waals surface area contributed by atoms with Gasteiger partial charge in [-0.2, -0.15) is 0 Å². The smallest absolute Gasteiger partial charge is 0.871 e. The topological polar surface area (TPSA) is 98.7 Å². The molecule has 0 atom stereocenters. The molecule has 4 rings (SSSR count). The number of carbonyl (C=O) groups is 1. The van der Waals surface area contributed by atoms with Crippen molar-refractivity contribution in [2.45, 2.75) is 13.8 Å². The minimum atomic E-state index is -4.13. The van der Waals surface area contributed by atoms with E-state index in [-0.39, 0.29) is 67.4 Å². The molecule has 6 nitrogen and oxygen atoms in total. The SMILES string of the molecule is CCOP(=O)(OCC)/C(=C(/[O-])c1cc2ccccc2cc1C(=O)[O-])c1cccc2ccccc12.[Li+].[Li+]. The van der Waals surface area contributed by atoms with Crippen LogP contribution in [0.15, 0.2) is 78.9 Å². The number of hydrogen-bond acceptors (Lipinski definition) is 6. The second-order valence-corrected chi connectivity index (χ2v) is 9.53. The van der Waals surface area contributed by atoms with E-state index in [0.29, 0.717) is 21.7 Å². The maximum Gasteiger partial charge on any atom is 1.00 e. The van der Waals surface area contributed by atoms with Gasteiger partial charge in [-0.25, -0.2) is 0 Å². The average molecular weight is 488 g/mol. The van der Waals surface area contributed by atoms with Crippen molar-refractivity contribution < 1.29 is 66.3 Å². The van der Waals surface area contributed by atoms with E-state index in [4.69, 9.17) is 9.05 Å². The number of fused-ring (bicyclic) bond motifs is 2. The van der Waals surface area contributed by atoms with Crippen LogP contribution in [0.3, 0.4) is 0 Å². The fraction of sp³-hybridized carbons (Fsp3) is 0.148. The van der Waals surface area contributed by atoms with Crippen LogP contribution >= 0.6 is 7.60 Å². The van der Waals surface area contributed by atoms with E-state index in [9.17, 15) is 19.6 Å². The molecule has 0 N–H and O–H groups in total. The number of aromatic carboxylic acids is 1. The van der Waals surface area contributed by atoms with Crippen molar-refractivity contribution in [2.24, 2.45) is 0 Å². The van der Waals surface area contributed by atoms with Gasteiger partial charge in [-0.1, -0.05) is 72.5 Å². The molecule has 0 spiro atoms. The summed E-state index contributed by atoms with van der Waals surface area (Å²) in [5.74, 6) is -2.25. The monoisotopic (exact) mass is 488 g/mol. The van der Waals surface area contributed by atoms with Crippen molar-refractivity contribution >= 4 is 46.2 Å². The van der Waals surface area contributed by atoms with Crippen molar-refractivity contribution in [1.82, 2.24) is 0 Å². The number of carboxylic acids is 1. The van der Waals surface area contributed by atoms with Gasteiger partial charge in [0.1, 0.15) is 0 Å². The van der Waals surface area contributed by atoms with Crippen LogP contribution in [-0.4, -0.2) is 19.2 Å². The molecule has 0 heterocycles. The van der Waals surface area contributed by atoms with Crippen LogP contribution in [0.2, 0.25) is 0 Å². The number of hydrogen-bond donors (Lipinski definition) is 0. The third kappa shape index (κ3) is 5.83. The first kappa shape index (κ1) is 30.0. The summed E-state index contributed by atoms with van der Waals surface area (Å²) in [6, 6.07) is 22.6. The van der Waals surface area contributed by atoms with Crippen LogP contribution < -0.4 is 47.9 Å². The molecule has 9 heteroatoms. The second kappa shape index (κ2) is 12.8. The predicted molar refractivity (Wildman–Crippen MR) is 130 cm³/mol. The molecule has 0 saturated heterocycles. The summed E-state index contributed by atoms with van der Waals surface area (Å²) in [7, 11) is -4.13. The molecule has 0 aliphatic rings. The molecule has 0 aliphatic carbocycles. The Balaban J connectivity index is 0.00000228. The van der Waals surface area contributed by atoms with E-state index < -0.39 is 19.3 Å². The van der Waals surface area contributed by atoms with Gasteiger partial charge in [0.25, 0.3) is 0 Å². The summed E-state index contributed by atoms with van der Waals surface area (Å²) in [6.45, 7) is 3.37. The summed E-state index contributed by atoms with van der Waals surface area (Å²) < 4.78 is 25.2. The largest absolute Gasteiger partial charge is 1.00 e. The van der Waals surface area contributed by atoms with E-state index in [2.05, 4.69) is 0 Å². The van der Waals surface area contributed by atoms with Crippen molar-refractivity contribution in [3.63, 3.8) is 0 Å². The molecule has 0 amide bonds. The molecule has 4 aromatic carbocycles.